The molecule has 0 amide bonds. The molecule has 1 aromatic rings. The second kappa shape index (κ2) is 8.27. The summed E-state index contributed by atoms with van der Waals surface area (Å²) in [7, 11) is 1.35. The van der Waals surface area contributed by atoms with Crippen LogP contribution in [0, 0.1) is 0 Å². The Morgan fingerprint density at radius 1 is 1.17 bits per heavy atom. The van der Waals surface area contributed by atoms with Gasteiger partial charge in [0.25, 0.3) is 0 Å². The van der Waals surface area contributed by atoms with E-state index in [1.54, 1.807) is 0 Å². The van der Waals surface area contributed by atoms with E-state index in [1.807, 2.05) is 0 Å². The number of likely N-dealkylation sites (tertiary alicyclic amines) is 1. The van der Waals surface area contributed by atoms with Gasteiger partial charge in [0, 0.05) is 19.6 Å². The molecule has 5 heteroatoms. The van der Waals surface area contributed by atoms with Crippen molar-refractivity contribution in [3.63, 3.8) is 0 Å². The lowest BCUT2D eigenvalue weighted by Crippen LogP contribution is -2.34. The zero-order valence-electron chi connectivity index (χ0n) is 14.2. The molecule has 2 aliphatic rings. The second-order valence-electron chi connectivity index (χ2n) is 6.81. The van der Waals surface area contributed by atoms with Crippen LogP contribution >= 0.6 is 0 Å². The van der Waals surface area contributed by atoms with E-state index < -0.39 is 10.8 Å². The van der Waals surface area contributed by atoms with Crippen LogP contribution in [0.15, 0.2) is 23.1 Å². The number of nitrogens with zero attached hydrogens (tertiary/aromatic N) is 2. The molecule has 3 rings (SSSR count). The summed E-state index contributed by atoms with van der Waals surface area (Å²) in [6.45, 7) is 5.94. The molecule has 4 nitrogen and oxygen atoms in total. The zero-order chi connectivity index (χ0) is 16.1. The highest BCUT2D eigenvalue weighted by molar-refractivity contribution is 7.85. The van der Waals surface area contributed by atoms with Crippen molar-refractivity contribution in [2.45, 2.75) is 37.0 Å². The Morgan fingerprint density at radius 2 is 1.96 bits per heavy atom. The molecule has 128 valence electrons. The van der Waals surface area contributed by atoms with E-state index in [1.165, 1.54) is 50.9 Å². The van der Waals surface area contributed by atoms with Crippen molar-refractivity contribution < 1.29 is 4.21 Å². The van der Waals surface area contributed by atoms with Gasteiger partial charge in [-0.15, -0.1) is 0 Å². The molecule has 2 aliphatic heterocycles. The number of hydrogen-bond donors (Lipinski definition) is 1. The smallest absolute Gasteiger partial charge is 0.0959 e. The van der Waals surface area contributed by atoms with Gasteiger partial charge in [0.2, 0.25) is 0 Å². The van der Waals surface area contributed by atoms with Crippen LogP contribution < -0.4 is 5.32 Å². The Morgan fingerprint density at radius 3 is 2.74 bits per heavy atom. The summed E-state index contributed by atoms with van der Waals surface area (Å²) in [6, 6.07) is 6.36. The lowest BCUT2D eigenvalue weighted by Gasteiger charge is -2.24. The number of hydrogen-bond acceptors (Lipinski definition) is 4. The van der Waals surface area contributed by atoms with Gasteiger partial charge in [-0.1, -0.05) is 18.9 Å². The molecule has 1 aromatic carbocycles. The second-order valence-corrected chi connectivity index (χ2v) is 8.23. The van der Waals surface area contributed by atoms with E-state index in [0.29, 0.717) is 5.88 Å². The number of likely N-dealkylation sites (N-methyl/N-ethyl adjacent to an activating group) is 1. The van der Waals surface area contributed by atoms with Gasteiger partial charge >= 0.3 is 0 Å². The van der Waals surface area contributed by atoms with Crippen molar-refractivity contribution in [3.8, 4) is 0 Å². The van der Waals surface area contributed by atoms with E-state index in [2.05, 4.69) is 40.4 Å². The molecule has 1 unspecified atom stereocenters. The summed E-state index contributed by atoms with van der Waals surface area (Å²) in [5, 5.41) is 3.19. The normalized spacial score (nSPS) is 21.9. The van der Waals surface area contributed by atoms with Gasteiger partial charge in [0.05, 0.1) is 27.3 Å². The van der Waals surface area contributed by atoms with Crippen molar-refractivity contribution in [2.75, 3.05) is 51.0 Å². The van der Waals surface area contributed by atoms with Crippen LogP contribution in [0.1, 0.15) is 31.2 Å². The number of anilines is 1. The van der Waals surface area contributed by atoms with Crippen LogP contribution in [-0.2, 0) is 17.2 Å². The maximum absolute atomic E-state index is 11.9. The average molecular weight is 336 g/mol. The molecule has 0 spiro atoms. The maximum Gasteiger partial charge on any atom is 0.0959 e. The van der Waals surface area contributed by atoms with Crippen molar-refractivity contribution in [1.82, 2.24) is 9.80 Å². The fourth-order valence-corrected chi connectivity index (χ4v) is 4.49. The lowest BCUT2D eigenvalue weighted by molar-refractivity contribution is 0.232. The van der Waals surface area contributed by atoms with Crippen molar-refractivity contribution in [1.29, 1.82) is 0 Å². The number of nitrogens with one attached hydrogen (secondary N) is 1. The summed E-state index contributed by atoms with van der Waals surface area (Å²) in [6.07, 6.45) is 6.57. The van der Waals surface area contributed by atoms with Crippen LogP contribution in [0.3, 0.4) is 0 Å². The molecule has 0 bridgehead atoms. The molecule has 1 atom stereocenters. The molecule has 1 N–H and O–H groups in total. The Bertz CT molecular complexity index is 541. The Hall–Kier alpha value is -0.910. The number of fused-ring (bicyclic) bond motifs is 1. The Balaban J connectivity index is 1.43. The molecule has 23 heavy (non-hydrogen) atoms. The molecule has 0 radical (unpaired) electrons. The quantitative estimate of drug-likeness (QED) is 0.866. The average Bonchev–Trinajstić information content (AvgIpc) is 2.77. The predicted molar refractivity (Wildman–Crippen MR) is 97.4 cm³/mol. The number of rotatable bonds is 6. The van der Waals surface area contributed by atoms with Crippen molar-refractivity contribution in [3.05, 3.63) is 23.8 Å². The summed E-state index contributed by atoms with van der Waals surface area (Å²) in [5.74, 6) is 0.564. The van der Waals surface area contributed by atoms with Crippen LogP contribution in [0.5, 0.6) is 0 Å². The third kappa shape index (κ3) is 4.78. The summed E-state index contributed by atoms with van der Waals surface area (Å²) in [4.78, 5) is 6.02. The minimum Gasteiger partial charge on any atom is -0.372 e. The first-order valence-corrected chi connectivity index (χ1v) is 10.2. The molecule has 0 aromatic heterocycles. The Kier molecular flexibility index (Phi) is 6.08. The van der Waals surface area contributed by atoms with Gasteiger partial charge < -0.3 is 15.1 Å². The van der Waals surface area contributed by atoms with Crippen molar-refractivity contribution in [2.24, 2.45) is 0 Å². The third-order valence-corrected chi connectivity index (χ3v) is 6.20. The van der Waals surface area contributed by atoms with Crippen LogP contribution in [0.2, 0.25) is 0 Å². The molecular weight excluding hydrogens is 306 g/mol. The minimum atomic E-state index is -0.862. The SMILES string of the molecule is CN(CCc1ccc2c(c1)S(=O)CN2)CCN1CCCCCC1. The highest BCUT2D eigenvalue weighted by atomic mass is 32.2. The summed E-state index contributed by atoms with van der Waals surface area (Å²) in [5.41, 5.74) is 2.34. The first-order valence-electron chi connectivity index (χ1n) is 8.88. The predicted octanol–water partition coefficient (Wildman–Crippen LogP) is 2.53. The van der Waals surface area contributed by atoms with Gasteiger partial charge in [0.1, 0.15) is 0 Å². The van der Waals surface area contributed by atoms with Crippen LogP contribution in [-0.4, -0.2) is 59.7 Å². The first-order chi connectivity index (χ1) is 11.2. The zero-order valence-corrected chi connectivity index (χ0v) is 15.0. The van der Waals surface area contributed by atoms with Gasteiger partial charge in [0.15, 0.2) is 0 Å². The highest BCUT2D eigenvalue weighted by Gasteiger charge is 2.17. The lowest BCUT2D eigenvalue weighted by atomic mass is 10.1. The summed E-state index contributed by atoms with van der Waals surface area (Å²) < 4.78 is 11.9. The largest absolute Gasteiger partial charge is 0.372 e. The maximum atomic E-state index is 11.9. The molecule has 2 heterocycles. The van der Waals surface area contributed by atoms with Crippen LogP contribution in [0.4, 0.5) is 5.69 Å². The minimum absolute atomic E-state index is 0.564. The fourth-order valence-electron chi connectivity index (χ4n) is 3.38. The monoisotopic (exact) mass is 335 g/mol. The van der Waals surface area contributed by atoms with E-state index in [9.17, 15) is 4.21 Å². The third-order valence-electron chi connectivity index (χ3n) is 4.96. The highest BCUT2D eigenvalue weighted by Crippen LogP contribution is 2.26. The Labute approximate surface area is 142 Å². The molecule has 0 saturated carbocycles. The van der Waals surface area contributed by atoms with Gasteiger partial charge in [-0.25, -0.2) is 0 Å². The topological polar surface area (TPSA) is 35.6 Å². The van der Waals surface area contributed by atoms with E-state index in [4.69, 9.17) is 0 Å². The van der Waals surface area contributed by atoms with Gasteiger partial charge in [-0.3, -0.25) is 4.21 Å². The fraction of sp³-hybridized carbons (Fsp3) is 0.667. The molecule has 1 saturated heterocycles. The molecule has 0 aliphatic carbocycles. The first kappa shape index (κ1) is 16.9. The standard InChI is InChI=1S/C18H29N3OS/c1-20(12-13-21-9-4-2-3-5-10-21)11-8-16-6-7-17-18(14-16)23(22)15-19-17/h6-7,14,19H,2-5,8-13,15H2,1H3. The summed E-state index contributed by atoms with van der Waals surface area (Å²) >= 11 is 0. The number of benzene rings is 1. The van der Waals surface area contributed by atoms with Gasteiger partial charge in [-0.05, 0) is 57.1 Å². The van der Waals surface area contributed by atoms with E-state index in [-0.39, 0.29) is 0 Å². The van der Waals surface area contributed by atoms with Crippen molar-refractivity contribution >= 4 is 16.5 Å². The van der Waals surface area contributed by atoms with E-state index in [0.717, 1.165) is 30.1 Å². The molecule has 1 fully saturated rings. The van der Waals surface area contributed by atoms with Crippen LogP contribution in [0.25, 0.3) is 0 Å². The van der Waals surface area contributed by atoms with E-state index >= 15 is 0 Å². The molecular formula is C18H29N3OS. The van der Waals surface area contributed by atoms with Gasteiger partial charge in [-0.2, -0.15) is 0 Å².